The minimum atomic E-state index is 1.05. The standard InChI is InChI=1S/C8H16.C6H14/c1-3-4-8-6-5-7(8)2;1-3-5-6-4-2/h7-8H,3-6H2,1-2H3;3-6H2,1-2H3. The van der Waals surface area contributed by atoms with E-state index in [2.05, 4.69) is 27.7 Å². The van der Waals surface area contributed by atoms with E-state index in [4.69, 9.17) is 0 Å². The van der Waals surface area contributed by atoms with Crippen LogP contribution in [0.25, 0.3) is 0 Å². The monoisotopic (exact) mass is 198 g/mol. The summed E-state index contributed by atoms with van der Waals surface area (Å²) in [5, 5.41) is 0. The predicted octanol–water partition coefficient (Wildman–Crippen LogP) is 5.42. The van der Waals surface area contributed by atoms with E-state index < -0.39 is 0 Å². The van der Waals surface area contributed by atoms with Crippen molar-refractivity contribution >= 4 is 0 Å². The van der Waals surface area contributed by atoms with Crippen molar-refractivity contribution in [1.82, 2.24) is 0 Å². The Kier molecular flexibility index (Phi) is 9.55. The van der Waals surface area contributed by atoms with Crippen LogP contribution in [0.4, 0.5) is 0 Å². The van der Waals surface area contributed by atoms with Crippen LogP contribution < -0.4 is 0 Å². The Bertz CT molecular complexity index is 103. The van der Waals surface area contributed by atoms with Crippen LogP contribution in [-0.4, -0.2) is 0 Å². The first-order valence-corrected chi connectivity index (χ1v) is 6.76. The van der Waals surface area contributed by atoms with E-state index in [0.717, 1.165) is 11.8 Å². The van der Waals surface area contributed by atoms with Gasteiger partial charge in [0.1, 0.15) is 0 Å². The first kappa shape index (κ1) is 14.0. The Morgan fingerprint density at radius 2 is 1.43 bits per heavy atom. The third kappa shape index (κ3) is 6.45. The number of hydrogen-bond donors (Lipinski definition) is 0. The van der Waals surface area contributed by atoms with E-state index in [1.807, 2.05) is 0 Å². The molecule has 0 aliphatic heterocycles. The Labute approximate surface area is 91.5 Å². The summed E-state index contributed by atoms with van der Waals surface area (Å²) in [4.78, 5) is 0. The first-order chi connectivity index (χ1) is 6.76. The average Bonchev–Trinajstić information content (AvgIpc) is 2.21. The summed E-state index contributed by atoms with van der Waals surface area (Å²) in [5.41, 5.74) is 0. The molecule has 2 unspecified atom stereocenters. The van der Waals surface area contributed by atoms with Gasteiger partial charge in [-0.3, -0.25) is 0 Å². The molecular formula is C14H30. The van der Waals surface area contributed by atoms with Crippen molar-refractivity contribution < 1.29 is 0 Å². The van der Waals surface area contributed by atoms with Gasteiger partial charge in [-0.2, -0.15) is 0 Å². The average molecular weight is 198 g/mol. The van der Waals surface area contributed by atoms with Gasteiger partial charge >= 0.3 is 0 Å². The minimum Gasteiger partial charge on any atom is -0.0654 e. The van der Waals surface area contributed by atoms with Gasteiger partial charge in [-0.1, -0.05) is 72.6 Å². The fraction of sp³-hybridized carbons (Fsp3) is 1.00. The topological polar surface area (TPSA) is 0 Å². The van der Waals surface area contributed by atoms with Crippen LogP contribution in [-0.2, 0) is 0 Å². The lowest BCUT2D eigenvalue weighted by atomic mass is 9.73. The normalized spacial score (nSPS) is 24.9. The molecule has 0 heteroatoms. The quantitative estimate of drug-likeness (QED) is 0.517. The highest BCUT2D eigenvalue weighted by Gasteiger charge is 2.24. The van der Waals surface area contributed by atoms with Crippen molar-refractivity contribution in [3.63, 3.8) is 0 Å². The van der Waals surface area contributed by atoms with Crippen molar-refractivity contribution in [3.8, 4) is 0 Å². The van der Waals surface area contributed by atoms with E-state index in [1.165, 1.54) is 51.4 Å². The van der Waals surface area contributed by atoms with Crippen LogP contribution in [0.3, 0.4) is 0 Å². The summed E-state index contributed by atoms with van der Waals surface area (Å²) in [5.74, 6) is 2.15. The van der Waals surface area contributed by atoms with Crippen LogP contribution >= 0.6 is 0 Å². The zero-order chi connectivity index (χ0) is 10.8. The molecule has 0 radical (unpaired) electrons. The Morgan fingerprint density at radius 1 is 0.857 bits per heavy atom. The van der Waals surface area contributed by atoms with Crippen molar-refractivity contribution in [3.05, 3.63) is 0 Å². The van der Waals surface area contributed by atoms with Gasteiger partial charge in [0.05, 0.1) is 0 Å². The van der Waals surface area contributed by atoms with Gasteiger partial charge in [0.15, 0.2) is 0 Å². The van der Waals surface area contributed by atoms with Gasteiger partial charge in [0.25, 0.3) is 0 Å². The summed E-state index contributed by atoms with van der Waals surface area (Å²) in [6, 6.07) is 0. The molecule has 1 saturated carbocycles. The highest BCUT2D eigenvalue weighted by molar-refractivity contribution is 4.76. The molecule has 0 aromatic rings. The molecule has 1 aliphatic rings. The molecule has 0 nitrogen and oxygen atoms in total. The van der Waals surface area contributed by atoms with Gasteiger partial charge in [-0.15, -0.1) is 0 Å². The van der Waals surface area contributed by atoms with Crippen molar-refractivity contribution in [2.75, 3.05) is 0 Å². The third-order valence-electron chi connectivity index (χ3n) is 3.41. The Hall–Kier alpha value is 0. The van der Waals surface area contributed by atoms with Crippen LogP contribution in [0, 0.1) is 11.8 Å². The summed E-state index contributed by atoms with van der Waals surface area (Å²) in [7, 11) is 0. The molecule has 0 heterocycles. The first-order valence-electron chi connectivity index (χ1n) is 6.76. The van der Waals surface area contributed by atoms with E-state index >= 15 is 0 Å². The van der Waals surface area contributed by atoms with Crippen molar-refractivity contribution in [1.29, 1.82) is 0 Å². The third-order valence-corrected chi connectivity index (χ3v) is 3.41. The number of unbranched alkanes of at least 4 members (excludes halogenated alkanes) is 3. The van der Waals surface area contributed by atoms with Crippen molar-refractivity contribution in [2.45, 2.75) is 79.1 Å². The minimum absolute atomic E-state index is 1.05. The van der Waals surface area contributed by atoms with E-state index in [9.17, 15) is 0 Å². The molecule has 1 fully saturated rings. The maximum atomic E-state index is 2.38. The zero-order valence-electron chi connectivity index (χ0n) is 10.8. The maximum Gasteiger partial charge on any atom is -0.0388 e. The molecule has 86 valence electrons. The SMILES string of the molecule is CCCC1CCC1C.CCCCCC. The van der Waals surface area contributed by atoms with E-state index in [0.29, 0.717) is 0 Å². The molecular weight excluding hydrogens is 168 g/mol. The maximum absolute atomic E-state index is 2.38. The number of rotatable bonds is 5. The molecule has 2 atom stereocenters. The van der Waals surface area contributed by atoms with E-state index in [1.54, 1.807) is 0 Å². The Morgan fingerprint density at radius 3 is 1.57 bits per heavy atom. The fourth-order valence-electron chi connectivity index (χ4n) is 2.04. The number of hydrogen-bond acceptors (Lipinski definition) is 0. The molecule has 1 rings (SSSR count). The molecule has 0 saturated heterocycles. The summed E-state index contributed by atoms with van der Waals surface area (Å²) in [6.07, 6.45) is 11.4. The highest BCUT2D eigenvalue weighted by atomic mass is 14.3. The lowest BCUT2D eigenvalue weighted by molar-refractivity contribution is 0.182. The van der Waals surface area contributed by atoms with Gasteiger partial charge in [0.2, 0.25) is 0 Å². The smallest absolute Gasteiger partial charge is 0.0388 e. The molecule has 0 bridgehead atoms. The molecule has 14 heavy (non-hydrogen) atoms. The van der Waals surface area contributed by atoms with Gasteiger partial charge in [-0.25, -0.2) is 0 Å². The van der Waals surface area contributed by atoms with Crippen LogP contribution in [0.15, 0.2) is 0 Å². The van der Waals surface area contributed by atoms with Gasteiger partial charge in [-0.05, 0) is 18.3 Å². The van der Waals surface area contributed by atoms with Crippen LogP contribution in [0.1, 0.15) is 79.1 Å². The van der Waals surface area contributed by atoms with Crippen LogP contribution in [0.2, 0.25) is 0 Å². The predicted molar refractivity (Wildman–Crippen MR) is 66.6 cm³/mol. The van der Waals surface area contributed by atoms with E-state index in [-0.39, 0.29) is 0 Å². The fourth-order valence-corrected chi connectivity index (χ4v) is 2.04. The highest BCUT2D eigenvalue weighted by Crippen LogP contribution is 2.36. The van der Waals surface area contributed by atoms with Gasteiger partial charge < -0.3 is 0 Å². The molecule has 1 aliphatic carbocycles. The second-order valence-corrected chi connectivity index (χ2v) is 4.81. The summed E-state index contributed by atoms with van der Waals surface area (Å²) in [6.45, 7) is 9.13. The van der Waals surface area contributed by atoms with Crippen LogP contribution in [0.5, 0.6) is 0 Å². The molecule has 0 N–H and O–H groups in total. The summed E-state index contributed by atoms with van der Waals surface area (Å²) < 4.78 is 0. The molecule has 0 aromatic heterocycles. The lowest BCUT2D eigenvalue weighted by Crippen LogP contribution is -2.22. The lowest BCUT2D eigenvalue weighted by Gasteiger charge is -2.33. The Balaban J connectivity index is 0.000000255. The van der Waals surface area contributed by atoms with Gasteiger partial charge in [0, 0.05) is 0 Å². The molecule has 0 aromatic carbocycles. The largest absolute Gasteiger partial charge is 0.0654 e. The molecule has 0 amide bonds. The zero-order valence-corrected chi connectivity index (χ0v) is 10.8. The second-order valence-electron chi connectivity index (χ2n) is 4.81. The second kappa shape index (κ2) is 9.55. The summed E-state index contributed by atoms with van der Waals surface area (Å²) >= 11 is 0. The van der Waals surface area contributed by atoms with Crippen molar-refractivity contribution in [2.24, 2.45) is 11.8 Å². The molecule has 0 spiro atoms.